The van der Waals surface area contributed by atoms with E-state index in [9.17, 15) is 8.42 Å². The summed E-state index contributed by atoms with van der Waals surface area (Å²) in [4.78, 5) is 0. The van der Waals surface area contributed by atoms with E-state index >= 15 is 0 Å². The molecule has 5 unspecified atom stereocenters. The molecule has 2 saturated carbocycles. The lowest BCUT2D eigenvalue weighted by Gasteiger charge is -2.11. The average molecular weight is 188 g/mol. The van der Waals surface area contributed by atoms with Crippen molar-refractivity contribution in [2.24, 2.45) is 17.8 Å². The van der Waals surface area contributed by atoms with Crippen molar-refractivity contribution >= 4 is 10.1 Å². The lowest BCUT2D eigenvalue weighted by molar-refractivity contribution is 0.191. The Kier molecular flexibility index (Phi) is 1.14. The summed E-state index contributed by atoms with van der Waals surface area (Å²) in [6.07, 6.45) is 1.86. The molecular formula is C8H12O3S. The third-order valence-corrected chi connectivity index (χ3v) is 5.67. The van der Waals surface area contributed by atoms with Crippen LogP contribution in [0.25, 0.3) is 0 Å². The molecule has 3 fully saturated rings. The van der Waals surface area contributed by atoms with Crippen LogP contribution in [0.3, 0.4) is 0 Å². The molecule has 3 rings (SSSR count). The molecule has 1 aliphatic heterocycles. The van der Waals surface area contributed by atoms with Gasteiger partial charge < -0.3 is 0 Å². The molecule has 2 aliphatic carbocycles. The topological polar surface area (TPSA) is 43.4 Å². The highest BCUT2D eigenvalue weighted by Crippen LogP contribution is 2.57. The van der Waals surface area contributed by atoms with Crippen LogP contribution < -0.4 is 0 Å². The van der Waals surface area contributed by atoms with Gasteiger partial charge in [-0.3, -0.25) is 4.18 Å². The van der Waals surface area contributed by atoms with Gasteiger partial charge in [-0.05, 0) is 24.7 Å². The van der Waals surface area contributed by atoms with Crippen LogP contribution in [0.2, 0.25) is 0 Å². The summed E-state index contributed by atoms with van der Waals surface area (Å²) in [6.45, 7) is 2.17. The second-order valence-electron chi connectivity index (χ2n) is 4.33. The standard InChI is InChI=1S/C8H12O3S/c1-4-5-2-6-8(4)7(3-5)12(9,10)11-6/h4-8H,2-3H2,1H3. The molecule has 0 N–H and O–H groups in total. The fraction of sp³-hybridized carbons (Fsp3) is 1.00. The van der Waals surface area contributed by atoms with Gasteiger partial charge in [-0.2, -0.15) is 8.42 Å². The molecule has 12 heavy (non-hydrogen) atoms. The third-order valence-electron chi connectivity index (χ3n) is 3.91. The van der Waals surface area contributed by atoms with Gasteiger partial charge in [-0.15, -0.1) is 0 Å². The summed E-state index contributed by atoms with van der Waals surface area (Å²) in [7, 11) is -3.16. The highest BCUT2D eigenvalue weighted by atomic mass is 32.2. The smallest absolute Gasteiger partial charge is 0.266 e. The molecule has 5 atom stereocenters. The van der Waals surface area contributed by atoms with Gasteiger partial charge in [0.15, 0.2) is 0 Å². The molecule has 0 radical (unpaired) electrons. The highest BCUT2D eigenvalue weighted by Gasteiger charge is 2.62. The largest absolute Gasteiger partial charge is 0.270 e. The van der Waals surface area contributed by atoms with Crippen LogP contribution >= 0.6 is 0 Å². The van der Waals surface area contributed by atoms with Gasteiger partial charge in [0, 0.05) is 5.92 Å². The second-order valence-corrected chi connectivity index (χ2v) is 6.12. The van der Waals surface area contributed by atoms with Crippen LogP contribution in [0.5, 0.6) is 0 Å². The van der Waals surface area contributed by atoms with E-state index in [1.165, 1.54) is 0 Å². The van der Waals surface area contributed by atoms with Crippen molar-refractivity contribution < 1.29 is 12.6 Å². The first-order valence-corrected chi connectivity index (χ1v) is 5.99. The van der Waals surface area contributed by atoms with Crippen LogP contribution in [0.1, 0.15) is 19.8 Å². The van der Waals surface area contributed by atoms with Crippen LogP contribution in [0.15, 0.2) is 0 Å². The van der Waals surface area contributed by atoms with E-state index in [1.54, 1.807) is 0 Å². The highest BCUT2D eigenvalue weighted by molar-refractivity contribution is 7.87. The van der Waals surface area contributed by atoms with Crippen molar-refractivity contribution in [2.45, 2.75) is 31.1 Å². The number of fused-ring (bicyclic) bond motifs is 1. The molecule has 1 saturated heterocycles. The average Bonchev–Trinajstić information content (AvgIpc) is 2.46. The zero-order valence-corrected chi connectivity index (χ0v) is 7.75. The lowest BCUT2D eigenvalue weighted by Crippen LogP contribution is -2.22. The molecular weight excluding hydrogens is 176 g/mol. The summed E-state index contributed by atoms with van der Waals surface area (Å²) >= 11 is 0. The SMILES string of the molecule is CC1C2CC3OS(=O)(=O)C(C2)C31. The normalized spacial score (nSPS) is 59.6. The second kappa shape index (κ2) is 1.87. The lowest BCUT2D eigenvalue weighted by atomic mass is 9.97. The minimum atomic E-state index is -3.16. The quantitative estimate of drug-likeness (QED) is 0.527. The van der Waals surface area contributed by atoms with Crippen molar-refractivity contribution in [3.05, 3.63) is 0 Å². The fourth-order valence-corrected chi connectivity index (χ4v) is 5.31. The van der Waals surface area contributed by atoms with Crippen molar-refractivity contribution in [2.75, 3.05) is 0 Å². The first-order chi connectivity index (χ1) is 5.59. The van der Waals surface area contributed by atoms with E-state index in [-0.39, 0.29) is 11.4 Å². The maximum atomic E-state index is 11.4. The number of hydrogen-bond donors (Lipinski definition) is 0. The maximum absolute atomic E-state index is 11.4. The van der Waals surface area contributed by atoms with Gasteiger partial charge in [0.25, 0.3) is 10.1 Å². The Bertz CT molecular complexity index is 321. The summed E-state index contributed by atoms with van der Waals surface area (Å²) in [6, 6.07) is 0. The zero-order valence-electron chi connectivity index (χ0n) is 6.93. The van der Waals surface area contributed by atoms with Crippen molar-refractivity contribution in [3.63, 3.8) is 0 Å². The van der Waals surface area contributed by atoms with E-state index in [2.05, 4.69) is 6.92 Å². The summed E-state index contributed by atoms with van der Waals surface area (Å²) in [5.74, 6) is 1.50. The van der Waals surface area contributed by atoms with Gasteiger partial charge in [-0.25, -0.2) is 0 Å². The van der Waals surface area contributed by atoms with Crippen molar-refractivity contribution in [1.82, 2.24) is 0 Å². The third kappa shape index (κ3) is 0.646. The Balaban J connectivity index is 2.12. The van der Waals surface area contributed by atoms with Crippen LogP contribution in [0, 0.1) is 17.8 Å². The van der Waals surface area contributed by atoms with Crippen LogP contribution in [-0.4, -0.2) is 19.8 Å². The number of rotatable bonds is 0. The van der Waals surface area contributed by atoms with E-state index in [0.29, 0.717) is 17.8 Å². The first kappa shape index (κ1) is 7.33. The molecule has 1 heterocycles. The van der Waals surface area contributed by atoms with Crippen molar-refractivity contribution in [3.8, 4) is 0 Å². The summed E-state index contributed by atoms with van der Waals surface area (Å²) in [5, 5.41) is -0.156. The van der Waals surface area contributed by atoms with Gasteiger partial charge in [0.05, 0.1) is 11.4 Å². The van der Waals surface area contributed by atoms with Gasteiger partial charge in [0.2, 0.25) is 0 Å². The number of hydrogen-bond acceptors (Lipinski definition) is 3. The maximum Gasteiger partial charge on any atom is 0.270 e. The Morgan fingerprint density at radius 3 is 2.58 bits per heavy atom. The fourth-order valence-electron chi connectivity index (χ4n) is 3.32. The predicted molar refractivity (Wildman–Crippen MR) is 43.0 cm³/mol. The molecule has 0 aromatic heterocycles. The van der Waals surface area contributed by atoms with Gasteiger partial charge in [0.1, 0.15) is 0 Å². The van der Waals surface area contributed by atoms with Crippen LogP contribution in [-0.2, 0) is 14.3 Å². The molecule has 0 spiro atoms. The Hall–Kier alpha value is -0.0900. The Morgan fingerprint density at radius 1 is 1.33 bits per heavy atom. The molecule has 0 aromatic carbocycles. The van der Waals surface area contributed by atoms with Gasteiger partial charge in [-0.1, -0.05) is 6.92 Å². The monoisotopic (exact) mass is 188 g/mol. The Labute approximate surface area is 72.2 Å². The van der Waals surface area contributed by atoms with E-state index in [0.717, 1.165) is 12.8 Å². The summed E-state index contributed by atoms with van der Waals surface area (Å²) in [5.41, 5.74) is 0. The summed E-state index contributed by atoms with van der Waals surface area (Å²) < 4.78 is 27.9. The zero-order chi connectivity index (χ0) is 8.51. The van der Waals surface area contributed by atoms with E-state index in [1.807, 2.05) is 0 Å². The minimum absolute atomic E-state index is 0.0359. The molecule has 0 amide bonds. The molecule has 3 nitrogen and oxygen atoms in total. The molecule has 2 bridgehead atoms. The Morgan fingerprint density at radius 2 is 2.08 bits per heavy atom. The van der Waals surface area contributed by atoms with E-state index in [4.69, 9.17) is 4.18 Å². The van der Waals surface area contributed by atoms with Gasteiger partial charge >= 0.3 is 0 Å². The van der Waals surface area contributed by atoms with E-state index < -0.39 is 10.1 Å². The first-order valence-electron chi connectivity index (χ1n) is 4.52. The van der Waals surface area contributed by atoms with Crippen molar-refractivity contribution in [1.29, 1.82) is 0 Å². The molecule has 4 heteroatoms. The molecule has 3 aliphatic rings. The predicted octanol–water partition coefficient (Wildman–Crippen LogP) is 0.759. The molecule has 0 aromatic rings. The minimum Gasteiger partial charge on any atom is -0.266 e. The molecule has 68 valence electrons. The van der Waals surface area contributed by atoms with Crippen LogP contribution in [0.4, 0.5) is 0 Å².